The first-order valence-corrected chi connectivity index (χ1v) is 9.83. The monoisotopic (exact) mass is 414 g/mol. The minimum atomic E-state index is -1.08. The number of carboxylic acid groups (broad SMARTS) is 1. The first kappa shape index (κ1) is 19.0. The number of anilines is 2. The zero-order valence-electron chi connectivity index (χ0n) is 16.3. The van der Waals surface area contributed by atoms with Crippen molar-refractivity contribution in [1.29, 1.82) is 0 Å². The molecule has 2 amide bonds. The van der Waals surface area contributed by atoms with E-state index in [0.717, 1.165) is 16.2 Å². The van der Waals surface area contributed by atoms with E-state index in [-0.39, 0.29) is 11.5 Å². The van der Waals surface area contributed by atoms with Gasteiger partial charge in [0.05, 0.1) is 23.0 Å². The van der Waals surface area contributed by atoms with Gasteiger partial charge in [-0.2, -0.15) is 0 Å². The van der Waals surface area contributed by atoms with Crippen LogP contribution >= 0.6 is 0 Å². The first-order chi connectivity index (χ1) is 15.1. The summed E-state index contributed by atoms with van der Waals surface area (Å²) in [6.45, 7) is 0. The van der Waals surface area contributed by atoms with E-state index in [1.165, 1.54) is 24.3 Å². The van der Waals surface area contributed by atoms with Gasteiger partial charge in [0.15, 0.2) is 6.10 Å². The molecule has 0 bridgehead atoms. The van der Waals surface area contributed by atoms with Crippen molar-refractivity contribution in [2.45, 2.75) is 12.1 Å². The molecule has 1 N–H and O–H groups in total. The molecule has 2 saturated heterocycles. The second-order valence-electron chi connectivity index (χ2n) is 7.43. The average Bonchev–Trinajstić information content (AvgIpc) is 3.31. The molecular formula is C24H18N2O5. The third kappa shape index (κ3) is 3.06. The van der Waals surface area contributed by atoms with E-state index >= 15 is 0 Å². The number of amides is 2. The Hall–Kier alpha value is -3.97. The van der Waals surface area contributed by atoms with Gasteiger partial charge in [0.1, 0.15) is 5.92 Å². The second kappa shape index (κ2) is 7.37. The SMILES string of the molecule is O=C(O)c1ccc(N2C(=O)[C@H]3[C@@H](c4ccccc4)N(c4ccccc4)O[C@H]3C2=O)cc1. The van der Waals surface area contributed by atoms with Gasteiger partial charge in [-0.3, -0.25) is 14.4 Å². The largest absolute Gasteiger partial charge is 0.478 e. The van der Waals surface area contributed by atoms with Crippen molar-refractivity contribution in [2.24, 2.45) is 5.92 Å². The van der Waals surface area contributed by atoms with Crippen molar-refractivity contribution in [3.05, 3.63) is 96.1 Å². The number of aromatic carboxylic acids is 1. The Labute approximate surface area is 178 Å². The number of hydroxylamine groups is 1. The number of hydrogen-bond donors (Lipinski definition) is 1. The van der Waals surface area contributed by atoms with Gasteiger partial charge >= 0.3 is 5.97 Å². The summed E-state index contributed by atoms with van der Waals surface area (Å²) in [6.07, 6.45) is -0.961. The molecule has 0 saturated carbocycles. The smallest absolute Gasteiger partial charge is 0.335 e. The van der Waals surface area contributed by atoms with Gasteiger partial charge < -0.3 is 5.11 Å². The Morgan fingerprint density at radius 3 is 2.00 bits per heavy atom. The molecule has 2 fully saturated rings. The number of carbonyl (C=O) groups excluding carboxylic acids is 2. The van der Waals surface area contributed by atoms with Crippen LogP contribution in [0.5, 0.6) is 0 Å². The number of imide groups is 1. The Bertz CT molecular complexity index is 1150. The van der Waals surface area contributed by atoms with Crippen molar-refractivity contribution in [3.63, 3.8) is 0 Å². The molecule has 2 aliphatic heterocycles. The van der Waals surface area contributed by atoms with Crippen LogP contribution in [-0.4, -0.2) is 29.0 Å². The van der Waals surface area contributed by atoms with Crippen LogP contribution in [0.3, 0.4) is 0 Å². The zero-order valence-corrected chi connectivity index (χ0v) is 16.3. The van der Waals surface area contributed by atoms with Crippen molar-refractivity contribution < 1.29 is 24.3 Å². The lowest BCUT2D eigenvalue weighted by atomic mass is 9.90. The summed E-state index contributed by atoms with van der Waals surface area (Å²) in [6, 6.07) is 24.0. The van der Waals surface area contributed by atoms with Gasteiger partial charge in [-0.1, -0.05) is 48.5 Å². The molecule has 2 heterocycles. The first-order valence-electron chi connectivity index (χ1n) is 9.83. The number of rotatable bonds is 4. The highest BCUT2D eigenvalue weighted by Crippen LogP contribution is 2.47. The van der Waals surface area contributed by atoms with Crippen LogP contribution < -0.4 is 9.96 Å². The van der Waals surface area contributed by atoms with Crippen LogP contribution in [0.1, 0.15) is 22.0 Å². The molecule has 3 aromatic rings. The van der Waals surface area contributed by atoms with Gasteiger partial charge in [-0.15, -0.1) is 0 Å². The van der Waals surface area contributed by atoms with Gasteiger partial charge in [0, 0.05) is 0 Å². The lowest BCUT2D eigenvalue weighted by Gasteiger charge is -2.28. The molecule has 0 aliphatic carbocycles. The lowest BCUT2D eigenvalue weighted by Crippen LogP contribution is -2.37. The second-order valence-corrected chi connectivity index (χ2v) is 7.43. The van der Waals surface area contributed by atoms with Crippen molar-refractivity contribution in [2.75, 3.05) is 9.96 Å². The number of carbonyl (C=O) groups is 3. The van der Waals surface area contributed by atoms with Gasteiger partial charge in [-0.25, -0.2) is 14.8 Å². The minimum Gasteiger partial charge on any atom is -0.478 e. The van der Waals surface area contributed by atoms with Gasteiger partial charge in [0.25, 0.3) is 5.91 Å². The summed E-state index contributed by atoms with van der Waals surface area (Å²) in [5.74, 6) is -2.63. The molecular weight excluding hydrogens is 396 g/mol. The van der Waals surface area contributed by atoms with Crippen LogP contribution in [0, 0.1) is 5.92 Å². The van der Waals surface area contributed by atoms with Crippen molar-refractivity contribution in [1.82, 2.24) is 0 Å². The fourth-order valence-electron chi connectivity index (χ4n) is 4.21. The van der Waals surface area contributed by atoms with E-state index in [1.54, 1.807) is 5.06 Å². The summed E-state index contributed by atoms with van der Waals surface area (Å²) in [4.78, 5) is 44.9. The molecule has 31 heavy (non-hydrogen) atoms. The molecule has 0 unspecified atom stereocenters. The number of para-hydroxylation sites is 1. The van der Waals surface area contributed by atoms with Crippen LogP contribution in [0.15, 0.2) is 84.9 Å². The number of nitrogens with zero attached hydrogens (tertiary/aromatic N) is 2. The maximum absolute atomic E-state index is 13.5. The molecule has 3 aromatic carbocycles. The molecule has 5 rings (SSSR count). The fraction of sp³-hybridized carbons (Fsp3) is 0.125. The zero-order chi connectivity index (χ0) is 21.5. The maximum atomic E-state index is 13.5. The van der Waals surface area contributed by atoms with E-state index in [2.05, 4.69) is 0 Å². The van der Waals surface area contributed by atoms with Gasteiger partial charge in [0.2, 0.25) is 5.91 Å². The summed E-state index contributed by atoms with van der Waals surface area (Å²) < 4.78 is 0. The van der Waals surface area contributed by atoms with E-state index in [0.29, 0.717) is 5.69 Å². The van der Waals surface area contributed by atoms with E-state index in [4.69, 9.17) is 9.94 Å². The predicted octanol–water partition coefficient (Wildman–Crippen LogP) is 3.44. The molecule has 0 aromatic heterocycles. The highest BCUT2D eigenvalue weighted by Gasteiger charge is 2.60. The molecule has 0 spiro atoms. The highest BCUT2D eigenvalue weighted by molar-refractivity contribution is 6.24. The average molecular weight is 414 g/mol. The summed E-state index contributed by atoms with van der Waals surface area (Å²) >= 11 is 0. The molecule has 0 radical (unpaired) electrons. The fourth-order valence-corrected chi connectivity index (χ4v) is 4.21. The van der Waals surface area contributed by atoms with Crippen LogP contribution in [0.4, 0.5) is 11.4 Å². The minimum absolute atomic E-state index is 0.0803. The van der Waals surface area contributed by atoms with Crippen molar-refractivity contribution in [3.8, 4) is 0 Å². The molecule has 154 valence electrons. The molecule has 3 atom stereocenters. The van der Waals surface area contributed by atoms with Crippen molar-refractivity contribution >= 4 is 29.2 Å². The maximum Gasteiger partial charge on any atom is 0.335 e. The molecule has 2 aliphatic rings. The number of carboxylic acids is 1. The Morgan fingerprint density at radius 1 is 0.774 bits per heavy atom. The lowest BCUT2D eigenvalue weighted by molar-refractivity contribution is -0.126. The normalized spacial score (nSPS) is 22.6. The third-order valence-corrected chi connectivity index (χ3v) is 5.64. The Morgan fingerprint density at radius 2 is 1.39 bits per heavy atom. The topological polar surface area (TPSA) is 87.2 Å². The summed E-state index contributed by atoms with van der Waals surface area (Å²) in [5.41, 5.74) is 2.03. The van der Waals surface area contributed by atoms with E-state index < -0.39 is 29.9 Å². The van der Waals surface area contributed by atoms with Crippen LogP contribution in [0.2, 0.25) is 0 Å². The predicted molar refractivity (Wildman–Crippen MR) is 112 cm³/mol. The Kier molecular flexibility index (Phi) is 4.52. The quantitative estimate of drug-likeness (QED) is 0.658. The molecule has 7 nitrogen and oxygen atoms in total. The number of fused-ring (bicyclic) bond motifs is 1. The number of benzene rings is 3. The van der Waals surface area contributed by atoms with Crippen LogP contribution in [-0.2, 0) is 14.4 Å². The summed E-state index contributed by atoms with van der Waals surface area (Å²) in [5, 5.41) is 10.7. The van der Waals surface area contributed by atoms with Gasteiger partial charge in [-0.05, 0) is 42.0 Å². The molecule has 7 heteroatoms. The van der Waals surface area contributed by atoms with Crippen LogP contribution in [0.25, 0.3) is 0 Å². The highest BCUT2D eigenvalue weighted by atomic mass is 16.7. The Balaban J connectivity index is 1.54. The van der Waals surface area contributed by atoms with E-state index in [1.807, 2.05) is 60.7 Å². The number of hydrogen-bond acceptors (Lipinski definition) is 5. The third-order valence-electron chi connectivity index (χ3n) is 5.64. The standard InChI is InChI=1S/C24H18N2O5/c27-22-19-20(15-7-3-1-4-8-15)26(18-9-5-2-6-10-18)31-21(19)23(28)25(22)17-13-11-16(12-14-17)24(29)30/h1-14,19-21H,(H,29,30)/t19-,20+,21+/m0/s1. The summed E-state index contributed by atoms with van der Waals surface area (Å²) in [7, 11) is 0. The van der Waals surface area contributed by atoms with E-state index in [9.17, 15) is 14.4 Å².